The highest BCUT2D eigenvalue weighted by molar-refractivity contribution is 8.23. The van der Waals surface area contributed by atoms with Gasteiger partial charge in [-0.15, -0.1) is 12.4 Å². The largest absolute Gasteiger partial charge is 0.475 e. The minimum absolute atomic E-state index is 0. The van der Waals surface area contributed by atoms with Crippen molar-refractivity contribution >= 4 is 46.7 Å². The maximum atomic E-state index is 11.2. The molecular formula is C8H16ClN2O2S2+. The molecule has 1 rings (SSSR count). The van der Waals surface area contributed by atoms with Crippen LogP contribution in [0.4, 0.5) is 0 Å². The van der Waals surface area contributed by atoms with Crippen molar-refractivity contribution in [2.45, 2.75) is 6.17 Å². The molecule has 0 amide bonds. The number of carboxylic acids is 1. The fourth-order valence-electron chi connectivity index (χ4n) is 1.51. The van der Waals surface area contributed by atoms with Crippen molar-refractivity contribution in [3.63, 3.8) is 0 Å². The van der Waals surface area contributed by atoms with Crippen LogP contribution in [-0.4, -0.2) is 64.4 Å². The summed E-state index contributed by atoms with van der Waals surface area (Å²) in [6.07, 6.45) is -0.572. The van der Waals surface area contributed by atoms with Gasteiger partial charge in [-0.3, -0.25) is 4.90 Å². The van der Waals surface area contributed by atoms with E-state index in [0.29, 0.717) is 8.80 Å². The van der Waals surface area contributed by atoms with Crippen LogP contribution in [0.1, 0.15) is 0 Å². The van der Waals surface area contributed by atoms with Crippen molar-refractivity contribution in [3.05, 3.63) is 0 Å². The summed E-state index contributed by atoms with van der Waals surface area (Å²) in [5, 5.41) is 9.16. The molecule has 1 N–H and O–H groups in total. The van der Waals surface area contributed by atoms with Crippen LogP contribution in [0.2, 0.25) is 0 Å². The average molecular weight is 272 g/mol. The van der Waals surface area contributed by atoms with Crippen LogP contribution in [0.5, 0.6) is 0 Å². The molecule has 1 unspecified atom stereocenters. The van der Waals surface area contributed by atoms with E-state index in [2.05, 4.69) is 0 Å². The van der Waals surface area contributed by atoms with Gasteiger partial charge in [-0.2, -0.15) is 0 Å². The Balaban J connectivity index is 0.00000196. The number of thiocarbonyl (C=S) groups is 1. The zero-order valence-corrected chi connectivity index (χ0v) is 11.4. The summed E-state index contributed by atoms with van der Waals surface area (Å²) in [4.78, 5) is 12.9. The van der Waals surface area contributed by atoms with E-state index in [-0.39, 0.29) is 12.4 Å². The third kappa shape index (κ3) is 3.48. The molecule has 1 aliphatic heterocycles. The number of hydrogen-bond donors (Lipinski definition) is 1. The van der Waals surface area contributed by atoms with Gasteiger partial charge in [-0.1, -0.05) is 24.0 Å². The number of halogens is 1. The Hall–Kier alpha value is -0.0400. The normalized spacial score (nSPS) is 18.6. The standard InChI is InChI=1S/C8H14N2O2S2.ClH/c1-10(2,3)6(7(11)12)9-4-5-14-8(9)13;/h6H,4-5H2,1-3H3;1H/p+1. The van der Waals surface area contributed by atoms with Gasteiger partial charge < -0.3 is 9.59 Å². The number of quaternary nitrogens is 1. The van der Waals surface area contributed by atoms with Crippen LogP contribution < -0.4 is 0 Å². The van der Waals surface area contributed by atoms with Crippen LogP contribution in [0.15, 0.2) is 0 Å². The lowest BCUT2D eigenvalue weighted by molar-refractivity contribution is -0.896. The van der Waals surface area contributed by atoms with Crippen LogP contribution in [0.3, 0.4) is 0 Å². The van der Waals surface area contributed by atoms with Gasteiger partial charge in [0.25, 0.3) is 6.17 Å². The molecule has 0 aliphatic carbocycles. The summed E-state index contributed by atoms with van der Waals surface area (Å²) in [6, 6.07) is 0. The second-order valence-corrected chi connectivity index (χ2v) is 5.86. The van der Waals surface area contributed by atoms with E-state index < -0.39 is 12.1 Å². The topological polar surface area (TPSA) is 40.5 Å². The molecule has 15 heavy (non-hydrogen) atoms. The summed E-state index contributed by atoms with van der Waals surface area (Å²) >= 11 is 6.67. The predicted octanol–water partition coefficient (Wildman–Crippen LogP) is 0.859. The van der Waals surface area contributed by atoms with E-state index in [4.69, 9.17) is 17.3 Å². The molecule has 0 aromatic heterocycles. The van der Waals surface area contributed by atoms with Crippen LogP contribution in [-0.2, 0) is 4.79 Å². The first-order valence-corrected chi connectivity index (χ1v) is 5.71. The summed E-state index contributed by atoms with van der Waals surface area (Å²) in [5.74, 6) is 0.0742. The summed E-state index contributed by atoms with van der Waals surface area (Å²) in [5.41, 5.74) is 0. The Morgan fingerprint density at radius 1 is 1.60 bits per heavy atom. The molecule has 4 nitrogen and oxygen atoms in total. The average Bonchev–Trinajstić information content (AvgIpc) is 2.32. The lowest BCUT2D eigenvalue weighted by Crippen LogP contribution is -2.59. The first kappa shape index (κ1) is 15.0. The second kappa shape index (κ2) is 5.34. The highest BCUT2D eigenvalue weighted by Gasteiger charge is 2.40. The van der Waals surface area contributed by atoms with Crippen LogP contribution in [0, 0.1) is 0 Å². The highest BCUT2D eigenvalue weighted by atomic mass is 35.5. The lowest BCUT2D eigenvalue weighted by Gasteiger charge is -2.36. The summed E-state index contributed by atoms with van der Waals surface area (Å²) in [7, 11) is 5.60. The van der Waals surface area contributed by atoms with Crippen molar-refractivity contribution in [2.75, 3.05) is 33.4 Å². The summed E-state index contributed by atoms with van der Waals surface area (Å²) < 4.78 is 1.06. The lowest BCUT2D eigenvalue weighted by atomic mass is 10.3. The van der Waals surface area contributed by atoms with E-state index in [1.165, 1.54) is 0 Å². The first-order chi connectivity index (χ1) is 6.34. The van der Waals surface area contributed by atoms with E-state index in [9.17, 15) is 4.79 Å². The number of hydrogen-bond acceptors (Lipinski definition) is 3. The van der Waals surface area contributed by atoms with Crippen molar-refractivity contribution in [2.24, 2.45) is 0 Å². The van der Waals surface area contributed by atoms with Crippen LogP contribution in [0.25, 0.3) is 0 Å². The summed E-state index contributed by atoms with van der Waals surface area (Å²) in [6.45, 7) is 0.732. The Morgan fingerprint density at radius 2 is 2.13 bits per heavy atom. The van der Waals surface area contributed by atoms with Crippen molar-refractivity contribution < 1.29 is 14.4 Å². The molecule has 1 heterocycles. The Kier molecular flexibility index (Phi) is 5.32. The smallest absolute Gasteiger partial charge is 0.385 e. The van der Waals surface area contributed by atoms with Crippen LogP contribution >= 0.6 is 36.4 Å². The SMILES string of the molecule is C[N+](C)(C)C(C(=O)O)N1CCSC1=S.Cl. The molecule has 1 fully saturated rings. The molecule has 0 radical (unpaired) electrons. The maximum absolute atomic E-state index is 11.2. The van der Waals surface area contributed by atoms with Crippen molar-refractivity contribution in [1.29, 1.82) is 0 Å². The zero-order valence-electron chi connectivity index (χ0n) is 8.97. The Morgan fingerprint density at radius 3 is 2.40 bits per heavy atom. The molecule has 1 aliphatic rings. The number of carbonyl (C=O) groups is 1. The third-order valence-electron chi connectivity index (χ3n) is 2.04. The van der Waals surface area contributed by atoms with E-state index in [0.717, 1.165) is 12.3 Å². The van der Waals surface area contributed by atoms with E-state index >= 15 is 0 Å². The van der Waals surface area contributed by atoms with Crippen molar-refractivity contribution in [1.82, 2.24) is 4.90 Å². The number of nitrogens with zero attached hydrogens (tertiary/aromatic N) is 2. The minimum Gasteiger partial charge on any atom is -0.475 e. The molecular weight excluding hydrogens is 256 g/mol. The highest BCUT2D eigenvalue weighted by Crippen LogP contribution is 2.23. The molecule has 0 aromatic carbocycles. The fourth-order valence-corrected chi connectivity index (χ4v) is 2.77. The van der Waals surface area contributed by atoms with Gasteiger partial charge in [0.2, 0.25) is 0 Å². The number of carboxylic acid groups (broad SMARTS) is 1. The molecule has 0 bridgehead atoms. The monoisotopic (exact) mass is 271 g/mol. The van der Waals surface area contributed by atoms with E-state index in [1.54, 1.807) is 16.7 Å². The molecule has 0 spiro atoms. The Bertz CT molecular complexity index is 268. The molecule has 7 heteroatoms. The van der Waals surface area contributed by atoms with Gasteiger partial charge >= 0.3 is 5.97 Å². The Labute approximate surface area is 106 Å². The van der Waals surface area contributed by atoms with E-state index in [1.807, 2.05) is 21.1 Å². The quantitative estimate of drug-likeness (QED) is 0.609. The number of thioether (sulfide) groups is 1. The maximum Gasteiger partial charge on any atom is 0.385 e. The first-order valence-electron chi connectivity index (χ1n) is 4.31. The fraction of sp³-hybridized carbons (Fsp3) is 0.750. The zero-order chi connectivity index (χ0) is 10.9. The second-order valence-electron chi connectivity index (χ2n) is 4.14. The number of aliphatic carboxylic acids is 1. The van der Waals surface area contributed by atoms with Gasteiger partial charge in [0, 0.05) is 12.3 Å². The van der Waals surface area contributed by atoms with Gasteiger partial charge in [-0.25, -0.2) is 4.79 Å². The number of rotatable bonds is 3. The molecule has 88 valence electrons. The molecule has 1 atom stereocenters. The molecule has 0 aromatic rings. The van der Waals surface area contributed by atoms with Gasteiger partial charge in [-0.05, 0) is 0 Å². The van der Waals surface area contributed by atoms with Gasteiger partial charge in [0.1, 0.15) is 4.32 Å². The molecule has 0 saturated carbocycles. The third-order valence-corrected chi connectivity index (χ3v) is 3.50. The van der Waals surface area contributed by atoms with Crippen molar-refractivity contribution in [3.8, 4) is 0 Å². The number of likely N-dealkylation sites (N-methyl/N-ethyl adjacent to an activating group) is 1. The van der Waals surface area contributed by atoms with Gasteiger partial charge in [0.15, 0.2) is 0 Å². The predicted molar refractivity (Wildman–Crippen MR) is 68.5 cm³/mol. The molecule has 1 saturated heterocycles. The minimum atomic E-state index is -0.817. The van der Waals surface area contributed by atoms with Gasteiger partial charge in [0.05, 0.1) is 21.1 Å².